The maximum absolute atomic E-state index is 13.7. The van der Waals surface area contributed by atoms with Crippen molar-refractivity contribution in [1.82, 2.24) is 48.0 Å². The summed E-state index contributed by atoms with van der Waals surface area (Å²) >= 11 is 1.84. The lowest BCUT2D eigenvalue weighted by Gasteiger charge is -2.25. The van der Waals surface area contributed by atoms with Crippen molar-refractivity contribution in [2.45, 2.75) is 146 Å². The Morgan fingerprint density at radius 1 is 0.731 bits per heavy atom. The number of aryl methyl sites for hydroxylation is 1. The summed E-state index contributed by atoms with van der Waals surface area (Å²) < 4.78 is 0. The van der Waals surface area contributed by atoms with Gasteiger partial charge >= 0.3 is 6.03 Å². The van der Waals surface area contributed by atoms with Crippen LogP contribution in [0.3, 0.4) is 0 Å². The van der Waals surface area contributed by atoms with Crippen molar-refractivity contribution in [2.24, 2.45) is 23.3 Å². The number of fused-ring (bicyclic) bond motifs is 1. The van der Waals surface area contributed by atoms with Crippen LogP contribution in [0.4, 0.5) is 4.79 Å². The summed E-state index contributed by atoms with van der Waals surface area (Å²) in [6.45, 7) is 3.38. The predicted molar refractivity (Wildman–Crippen MR) is 252 cm³/mol. The summed E-state index contributed by atoms with van der Waals surface area (Å²) in [5.74, 6) is -4.91. The molecular formula is C45H73N11O10S. The zero-order chi connectivity index (χ0) is 49.1. The average Bonchev–Trinajstić information content (AvgIpc) is 3.86. The molecule has 0 saturated carbocycles. The fourth-order valence-corrected chi connectivity index (χ4v) is 9.49. The maximum Gasteiger partial charge on any atom is 0.315 e. The Kier molecular flexibility index (Phi) is 25.6. The third-order valence-corrected chi connectivity index (χ3v) is 13.1. The SMILES string of the molecule is CC(C)C[C@H](NC(=O)[C@H](CCCCN)NC(=O)C(CCCc1ccccc1)CC(=O)NO)C(=O)NCC(=O)NCC(=O)N[C@@H](CCCCNC(=O)CCCC[C@@H]1SC[C@@H]2NC(=O)N[C@@H]21)C(N)=O. The Labute approximate surface area is 397 Å². The number of rotatable bonds is 33. The Hall–Kier alpha value is -5.48. The van der Waals surface area contributed by atoms with Gasteiger partial charge in [0.05, 0.1) is 25.2 Å². The topological polar surface area (TPSA) is 334 Å². The first-order valence-electron chi connectivity index (χ1n) is 23.5. The third-order valence-electron chi connectivity index (χ3n) is 11.6. The van der Waals surface area contributed by atoms with Gasteiger partial charge < -0.3 is 54.0 Å². The van der Waals surface area contributed by atoms with Crippen LogP contribution in [0.25, 0.3) is 0 Å². The molecule has 1 aromatic carbocycles. The van der Waals surface area contributed by atoms with Crippen LogP contribution in [0.2, 0.25) is 0 Å². The minimum absolute atomic E-state index is 0.0744. The summed E-state index contributed by atoms with van der Waals surface area (Å²) in [6, 6.07) is 6.60. The molecule has 7 atom stereocenters. The predicted octanol–water partition coefficient (Wildman–Crippen LogP) is -0.120. The lowest BCUT2D eigenvalue weighted by molar-refractivity contribution is -0.137. The van der Waals surface area contributed by atoms with E-state index in [1.54, 1.807) is 5.48 Å². The molecule has 0 aliphatic carbocycles. The second-order valence-electron chi connectivity index (χ2n) is 17.6. The van der Waals surface area contributed by atoms with Gasteiger partial charge in [0.15, 0.2) is 0 Å². The lowest BCUT2D eigenvalue weighted by atomic mass is 9.94. The number of urea groups is 1. The van der Waals surface area contributed by atoms with Crippen LogP contribution < -0.4 is 59.5 Å². The highest BCUT2D eigenvalue weighted by Crippen LogP contribution is 2.33. The summed E-state index contributed by atoms with van der Waals surface area (Å²) in [5, 5.41) is 31.1. The quantitative estimate of drug-likeness (QED) is 0.0190. The van der Waals surface area contributed by atoms with Gasteiger partial charge in [-0.25, -0.2) is 10.3 Å². The van der Waals surface area contributed by atoms with Crippen LogP contribution in [0.15, 0.2) is 30.3 Å². The van der Waals surface area contributed by atoms with Gasteiger partial charge in [0, 0.05) is 36.3 Å². The number of hydroxylamine groups is 1. The Bertz CT molecular complexity index is 1790. The van der Waals surface area contributed by atoms with E-state index >= 15 is 0 Å². The monoisotopic (exact) mass is 960 g/mol. The number of carbonyl (C=O) groups is 9. The number of benzene rings is 1. The number of unbranched alkanes of at least 4 members (excludes halogenated alkanes) is 3. The van der Waals surface area contributed by atoms with E-state index in [-0.39, 0.29) is 55.6 Å². The standard InChI is InChI=1S/C45H73N11O10S/c1-28(2)23-33(53-44(64)32(18-8-10-21-46)52-42(62)30(24-37(58)56-66)16-12-15-29-13-4-3-5-14-29)43(63)50-25-38(59)49-26-39(60)51-31(41(47)61)17-9-11-22-48-36(57)20-7-6-19-35-40-34(27-67-35)54-45(65)55-40/h3-5,13-14,28,30-35,40,66H,6-12,15-27,46H2,1-2H3,(H2,47,61)(H,48,57)(H,49,59)(H,50,63)(H,51,60)(H,52,62)(H,53,64)(H,56,58)(H2,54,55,65)/t30?,31-,32-,33-,34-,35-,40-/m0/s1. The number of nitrogens with two attached hydrogens (primary N) is 2. The molecule has 2 fully saturated rings. The van der Waals surface area contributed by atoms with Crippen LogP contribution in [0.1, 0.15) is 109 Å². The molecule has 0 bridgehead atoms. The van der Waals surface area contributed by atoms with Crippen LogP contribution in [-0.4, -0.2) is 126 Å². The van der Waals surface area contributed by atoms with Gasteiger partial charge in [-0.2, -0.15) is 11.8 Å². The van der Waals surface area contributed by atoms with Crippen LogP contribution in [-0.2, 0) is 44.8 Å². The second-order valence-corrected chi connectivity index (χ2v) is 18.9. The van der Waals surface area contributed by atoms with Crippen LogP contribution in [0, 0.1) is 11.8 Å². The molecule has 21 nitrogen and oxygen atoms in total. The third kappa shape index (κ3) is 21.8. The summed E-state index contributed by atoms with van der Waals surface area (Å²) in [5.41, 5.74) is 13.8. The summed E-state index contributed by atoms with van der Waals surface area (Å²) in [4.78, 5) is 114. The molecule has 1 aromatic rings. The number of thioether (sulfide) groups is 1. The van der Waals surface area contributed by atoms with Crippen molar-refractivity contribution in [1.29, 1.82) is 0 Å². The van der Waals surface area contributed by atoms with Gasteiger partial charge in [-0.3, -0.25) is 43.6 Å². The number of hydrogen-bond donors (Lipinski definition) is 12. The zero-order valence-electron chi connectivity index (χ0n) is 38.8. The largest absolute Gasteiger partial charge is 0.368 e. The van der Waals surface area contributed by atoms with Gasteiger partial charge in [-0.15, -0.1) is 0 Å². The number of hydrogen-bond acceptors (Lipinski definition) is 12. The molecule has 0 spiro atoms. The molecule has 374 valence electrons. The fourth-order valence-electron chi connectivity index (χ4n) is 7.95. The molecule has 2 aliphatic heterocycles. The lowest BCUT2D eigenvalue weighted by Crippen LogP contribution is -2.55. The van der Waals surface area contributed by atoms with E-state index in [0.717, 1.165) is 30.6 Å². The first kappa shape index (κ1) is 55.8. The molecule has 22 heteroatoms. The first-order chi connectivity index (χ1) is 32.1. The van der Waals surface area contributed by atoms with Crippen molar-refractivity contribution >= 4 is 65.1 Å². The number of carbonyl (C=O) groups excluding carboxylic acids is 9. The molecule has 14 N–H and O–H groups in total. The number of amides is 10. The summed E-state index contributed by atoms with van der Waals surface area (Å²) in [7, 11) is 0. The molecule has 0 radical (unpaired) electrons. The molecule has 3 rings (SSSR count). The van der Waals surface area contributed by atoms with Gasteiger partial charge in [0.2, 0.25) is 47.3 Å². The Morgan fingerprint density at radius 2 is 1.43 bits per heavy atom. The van der Waals surface area contributed by atoms with Crippen molar-refractivity contribution in [3.05, 3.63) is 35.9 Å². The van der Waals surface area contributed by atoms with Crippen molar-refractivity contribution in [3.63, 3.8) is 0 Å². The van der Waals surface area contributed by atoms with Crippen molar-refractivity contribution in [2.75, 3.05) is 31.9 Å². The zero-order valence-corrected chi connectivity index (χ0v) is 39.6. The Balaban J connectivity index is 1.40. The van der Waals surface area contributed by atoms with E-state index in [9.17, 15) is 48.4 Å². The second kappa shape index (κ2) is 30.7. The Morgan fingerprint density at radius 3 is 2.13 bits per heavy atom. The van der Waals surface area contributed by atoms with Crippen molar-refractivity contribution < 1.29 is 48.4 Å². The molecule has 0 aromatic heterocycles. The van der Waals surface area contributed by atoms with E-state index in [4.69, 9.17) is 11.5 Å². The summed E-state index contributed by atoms with van der Waals surface area (Å²) in [6.07, 6.45) is 6.74. The van der Waals surface area contributed by atoms with E-state index in [1.807, 2.05) is 55.9 Å². The minimum Gasteiger partial charge on any atom is -0.368 e. The van der Waals surface area contributed by atoms with Crippen molar-refractivity contribution in [3.8, 4) is 0 Å². The van der Waals surface area contributed by atoms with Crippen LogP contribution >= 0.6 is 11.8 Å². The highest BCUT2D eigenvalue weighted by atomic mass is 32.2. The van der Waals surface area contributed by atoms with Gasteiger partial charge in [-0.1, -0.05) is 50.6 Å². The minimum atomic E-state index is -1.10. The van der Waals surface area contributed by atoms with E-state index in [0.29, 0.717) is 69.7 Å². The number of nitrogens with one attached hydrogen (secondary N) is 9. The molecule has 10 amide bonds. The molecule has 67 heavy (non-hydrogen) atoms. The maximum atomic E-state index is 13.7. The van der Waals surface area contributed by atoms with E-state index < -0.39 is 78.5 Å². The van der Waals surface area contributed by atoms with E-state index in [1.165, 1.54) is 0 Å². The van der Waals surface area contributed by atoms with E-state index in [2.05, 4.69) is 42.5 Å². The molecule has 1 unspecified atom stereocenters. The fraction of sp³-hybridized carbons (Fsp3) is 0.667. The molecule has 2 heterocycles. The normalized spacial score (nSPS) is 17.9. The van der Waals surface area contributed by atoms with Gasteiger partial charge in [0.1, 0.15) is 18.1 Å². The van der Waals surface area contributed by atoms with Crippen LogP contribution in [0.5, 0.6) is 0 Å². The van der Waals surface area contributed by atoms with Gasteiger partial charge in [0.25, 0.3) is 0 Å². The highest BCUT2D eigenvalue weighted by molar-refractivity contribution is 8.00. The molecule has 2 aliphatic rings. The molecular weight excluding hydrogens is 887 g/mol. The highest BCUT2D eigenvalue weighted by Gasteiger charge is 2.42. The molecule has 2 saturated heterocycles. The smallest absolute Gasteiger partial charge is 0.315 e. The van der Waals surface area contributed by atoms with Gasteiger partial charge in [-0.05, 0) is 95.1 Å². The number of primary amides is 1. The first-order valence-corrected chi connectivity index (χ1v) is 24.5. The average molecular weight is 960 g/mol.